The second-order valence-corrected chi connectivity index (χ2v) is 8.45. The summed E-state index contributed by atoms with van der Waals surface area (Å²) in [4.78, 5) is 27.3. The average Bonchev–Trinajstić information content (AvgIpc) is 3.07. The van der Waals surface area contributed by atoms with Gasteiger partial charge in [0.05, 0.1) is 15.5 Å². The predicted molar refractivity (Wildman–Crippen MR) is 130 cm³/mol. The smallest absolute Gasteiger partial charge is 0.270 e. The maximum absolute atomic E-state index is 12.9. The molecule has 1 fully saturated rings. The fourth-order valence-electron chi connectivity index (χ4n) is 3.16. The van der Waals surface area contributed by atoms with Gasteiger partial charge in [0, 0.05) is 30.6 Å². The van der Waals surface area contributed by atoms with Crippen LogP contribution in [-0.4, -0.2) is 22.2 Å². The molecule has 3 aromatic rings. The van der Waals surface area contributed by atoms with Gasteiger partial charge < -0.3 is 4.90 Å². The Morgan fingerprint density at radius 2 is 1.58 bits per heavy atom. The minimum absolute atomic E-state index is 0.0368. The molecule has 0 unspecified atom stereocenters. The van der Waals surface area contributed by atoms with Crippen LogP contribution in [0.4, 0.5) is 22.7 Å². The Morgan fingerprint density at radius 3 is 2.19 bits per heavy atom. The zero-order valence-electron chi connectivity index (χ0n) is 16.5. The van der Waals surface area contributed by atoms with E-state index in [4.69, 9.17) is 12.2 Å². The number of thiocarbonyl (C=S) groups is 1. The second kappa shape index (κ2) is 8.71. The largest absolute Gasteiger partial charge is 0.345 e. The Labute approximate surface area is 188 Å². The van der Waals surface area contributed by atoms with Crippen molar-refractivity contribution in [1.29, 1.82) is 0 Å². The number of nitrogens with zero attached hydrogens (tertiary/aromatic N) is 3. The van der Waals surface area contributed by atoms with Gasteiger partial charge in [-0.2, -0.15) is 0 Å². The van der Waals surface area contributed by atoms with E-state index in [1.165, 1.54) is 40.9 Å². The Balaban J connectivity index is 1.53. The fraction of sp³-hybridized carbons (Fsp3) is 0.0435. The number of carbonyl (C=O) groups excluding carboxylic acids is 1. The lowest BCUT2D eigenvalue weighted by atomic mass is 10.1. The minimum Gasteiger partial charge on any atom is -0.345 e. The minimum atomic E-state index is -0.479. The molecule has 1 aliphatic rings. The number of thioether (sulfide) groups is 1. The quantitative estimate of drug-likeness (QED) is 0.214. The van der Waals surface area contributed by atoms with Crippen molar-refractivity contribution >= 4 is 63.0 Å². The maximum atomic E-state index is 12.9. The summed E-state index contributed by atoms with van der Waals surface area (Å²) in [6.07, 6.45) is 1.80. The van der Waals surface area contributed by atoms with Crippen molar-refractivity contribution in [2.75, 3.05) is 16.8 Å². The fourth-order valence-corrected chi connectivity index (χ4v) is 4.46. The number of nitro benzene ring substituents is 1. The van der Waals surface area contributed by atoms with Gasteiger partial charge in [-0.3, -0.25) is 19.8 Å². The van der Waals surface area contributed by atoms with Gasteiger partial charge in [-0.05, 0) is 48.0 Å². The molecule has 154 valence electrons. The number of carbonyl (C=O) groups is 1. The Morgan fingerprint density at radius 1 is 0.968 bits per heavy atom. The van der Waals surface area contributed by atoms with Gasteiger partial charge in [-0.1, -0.05) is 54.3 Å². The van der Waals surface area contributed by atoms with Gasteiger partial charge in [-0.15, -0.1) is 0 Å². The number of para-hydroxylation sites is 1. The van der Waals surface area contributed by atoms with Crippen LogP contribution in [0.2, 0.25) is 0 Å². The van der Waals surface area contributed by atoms with Crippen molar-refractivity contribution < 1.29 is 9.72 Å². The number of nitro groups is 1. The standard InChI is InChI=1S/C23H17N3O3S2/c1-24(17-5-3-2-4-6-17)18-9-7-16(8-10-18)15-21-22(27)25(23(30)31-21)19-11-13-20(14-12-19)26(28)29/h2-15H,1H3. The first-order chi connectivity index (χ1) is 14.9. The van der Waals surface area contributed by atoms with E-state index >= 15 is 0 Å². The van der Waals surface area contributed by atoms with Crippen molar-refractivity contribution in [1.82, 2.24) is 0 Å². The SMILES string of the molecule is CN(c1ccccc1)c1ccc(C=C2SC(=S)N(c3ccc([N+](=O)[O-])cc3)C2=O)cc1. The van der Waals surface area contributed by atoms with Crippen LogP contribution < -0.4 is 9.80 Å². The third-order valence-corrected chi connectivity index (χ3v) is 6.14. The molecule has 0 aromatic heterocycles. The zero-order chi connectivity index (χ0) is 22.0. The van der Waals surface area contributed by atoms with E-state index in [1.807, 2.05) is 61.6 Å². The van der Waals surface area contributed by atoms with E-state index in [0.29, 0.717) is 14.9 Å². The summed E-state index contributed by atoms with van der Waals surface area (Å²) in [5.74, 6) is -0.241. The Hall–Kier alpha value is -3.49. The monoisotopic (exact) mass is 447 g/mol. The first kappa shape index (κ1) is 20.8. The molecule has 1 amide bonds. The highest BCUT2D eigenvalue weighted by Crippen LogP contribution is 2.36. The van der Waals surface area contributed by atoms with Crippen LogP contribution >= 0.6 is 24.0 Å². The highest BCUT2D eigenvalue weighted by molar-refractivity contribution is 8.27. The van der Waals surface area contributed by atoms with Crippen LogP contribution in [0, 0.1) is 10.1 Å². The van der Waals surface area contributed by atoms with Gasteiger partial charge in [0.25, 0.3) is 11.6 Å². The Kier molecular flexibility index (Phi) is 5.83. The van der Waals surface area contributed by atoms with Gasteiger partial charge in [0.1, 0.15) is 0 Å². The van der Waals surface area contributed by atoms with E-state index < -0.39 is 4.92 Å². The highest BCUT2D eigenvalue weighted by Gasteiger charge is 2.33. The maximum Gasteiger partial charge on any atom is 0.270 e. The lowest BCUT2D eigenvalue weighted by Crippen LogP contribution is -2.27. The summed E-state index contributed by atoms with van der Waals surface area (Å²) < 4.78 is 0.394. The average molecular weight is 448 g/mol. The first-order valence-electron chi connectivity index (χ1n) is 9.35. The van der Waals surface area contributed by atoms with Gasteiger partial charge in [0.15, 0.2) is 4.32 Å². The third kappa shape index (κ3) is 4.35. The van der Waals surface area contributed by atoms with Gasteiger partial charge in [0.2, 0.25) is 0 Å². The molecule has 1 heterocycles. The predicted octanol–water partition coefficient (Wildman–Crippen LogP) is 5.77. The molecule has 0 saturated carbocycles. The third-order valence-electron chi connectivity index (χ3n) is 4.83. The molecule has 0 atom stereocenters. The number of hydrogen-bond acceptors (Lipinski definition) is 6. The van der Waals surface area contributed by atoms with E-state index in [2.05, 4.69) is 4.90 Å². The topological polar surface area (TPSA) is 66.7 Å². The van der Waals surface area contributed by atoms with Gasteiger partial charge >= 0.3 is 0 Å². The molecule has 0 aliphatic carbocycles. The summed E-state index contributed by atoms with van der Waals surface area (Å²) in [7, 11) is 2.00. The summed E-state index contributed by atoms with van der Waals surface area (Å²) >= 11 is 6.59. The molecule has 0 N–H and O–H groups in total. The van der Waals surface area contributed by atoms with Crippen molar-refractivity contribution in [3.05, 3.63) is 99.4 Å². The van der Waals surface area contributed by atoms with E-state index in [-0.39, 0.29) is 11.6 Å². The highest BCUT2D eigenvalue weighted by atomic mass is 32.2. The lowest BCUT2D eigenvalue weighted by Gasteiger charge is -2.19. The molecule has 0 spiro atoms. The Bertz CT molecular complexity index is 1180. The van der Waals surface area contributed by atoms with E-state index in [0.717, 1.165) is 16.9 Å². The van der Waals surface area contributed by atoms with Crippen LogP contribution in [0.1, 0.15) is 5.56 Å². The zero-order valence-corrected chi connectivity index (χ0v) is 18.1. The molecular formula is C23H17N3O3S2. The van der Waals surface area contributed by atoms with Crippen molar-refractivity contribution in [2.45, 2.75) is 0 Å². The number of benzene rings is 3. The van der Waals surface area contributed by atoms with Gasteiger partial charge in [-0.25, -0.2) is 0 Å². The molecule has 4 rings (SSSR count). The summed E-state index contributed by atoms with van der Waals surface area (Å²) in [6.45, 7) is 0. The number of rotatable bonds is 5. The molecule has 1 saturated heterocycles. The van der Waals surface area contributed by atoms with Crippen LogP contribution in [0.25, 0.3) is 6.08 Å². The summed E-state index contributed by atoms with van der Waals surface area (Å²) in [5.41, 5.74) is 3.47. The molecular weight excluding hydrogens is 430 g/mol. The number of amides is 1. The first-order valence-corrected chi connectivity index (χ1v) is 10.6. The second-order valence-electron chi connectivity index (χ2n) is 6.78. The lowest BCUT2D eigenvalue weighted by molar-refractivity contribution is -0.384. The number of hydrogen-bond donors (Lipinski definition) is 0. The van der Waals surface area contributed by atoms with E-state index in [9.17, 15) is 14.9 Å². The molecule has 6 nitrogen and oxygen atoms in total. The molecule has 8 heteroatoms. The number of non-ortho nitro benzene ring substituents is 1. The summed E-state index contributed by atoms with van der Waals surface area (Å²) in [5, 5.41) is 10.8. The van der Waals surface area contributed by atoms with Crippen LogP contribution in [0.15, 0.2) is 83.8 Å². The molecule has 3 aromatic carbocycles. The van der Waals surface area contributed by atoms with Crippen LogP contribution in [0.5, 0.6) is 0 Å². The van der Waals surface area contributed by atoms with E-state index in [1.54, 1.807) is 6.08 Å². The number of anilines is 3. The van der Waals surface area contributed by atoms with Crippen molar-refractivity contribution in [3.8, 4) is 0 Å². The summed E-state index contributed by atoms with van der Waals surface area (Å²) in [6, 6.07) is 23.7. The molecule has 0 bridgehead atoms. The van der Waals surface area contributed by atoms with Crippen LogP contribution in [0.3, 0.4) is 0 Å². The van der Waals surface area contributed by atoms with Crippen LogP contribution in [-0.2, 0) is 4.79 Å². The van der Waals surface area contributed by atoms with Crippen molar-refractivity contribution in [3.63, 3.8) is 0 Å². The molecule has 0 radical (unpaired) electrons. The van der Waals surface area contributed by atoms with Crippen molar-refractivity contribution in [2.24, 2.45) is 0 Å². The molecule has 1 aliphatic heterocycles. The normalized spacial score (nSPS) is 14.9. The molecule has 31 heavy (non-hydrogen) atoms.